The summed E-state index contributed by atoms with van der Waals surface area (Å²) in [7, 11) is 0. The monoisotopic (exact) mass is 269 g/mol. The lowest BCUT2D eigenvalue weighted by atomic mass is 9.83. The molecule has 0 heterocycles. The van der Waals surface area contributed by atoms with E-state index in [2.05, 4.69) is 5.32 Å². The van der Waals surface area contributed by atoms with Gasteiger partial charge in [-0.3, -0.25) is 4.79 Å². The maximum absolute atomic E-state index is 12.2. The number of amides is 1. The van der Waals surface area contributed by atoms with Gasteiger partial charge in [0.05, 0.1) is 18.1 Å². The Morgan fingerprint density at radius 3 is 2.67 bits per heavy atom. The molecule has 1 atom stereocenters. The second-order valence-corrected chi connectivity index (χ2v) is 5.33. The minimum Gasteiger partial charge on any atom is -0.394 e. The summed E-state index contributed by atoms with van der Waals surface area (Å²) in [6.45, 7) is 5.57. The SMILES string of the molecule is CCC(CO)NC(=O)C(C)(C)c1cccc(Cl)c1. The van der Waals surface area contributed by atoms with Crippen molar-refractivity contribution >= 4 is 17.5 Å². The largest absolute Gasteiger partial charge is 0.394 e. The Balaban J connectivity index is 2.89. The summed E-state index contributed by atoms with van der Waals surface area (Å²) < 4.78 is 0. The van der Waals surface area contributed by atoms with E-state index in [4.69, 9.17) is 16.7 Å². The van der Waals surface area contributed by atoms with Crippen LogP contribution in [0.4, 0.5) is 0 Å². The Morgan fingerprint density at radius 1 is 1.50 bits per heavy atom. The number of carbonyl (C=O) groups is 1. The van der Waals surface area contributed by atoms with E-state index in [-0.39, 0.29) is 18.6 Å². The highest BCUT2D eigenvalue weighted by molar-refractivity contribution is 6.30. The lowest BCUT2D eigenvalue weighted by molar-refractivity contribution is -0.126. The van der Waals surface area contributed by atoms with Gasteiger partial charge in [0.1, 0.15) is 0 Å². The molecule has 0 radical (unpaired) electrons. The highest BCUT2D eigenvalue weighted by Gasteiger charge is 2.30. The Labute approximate surface area is 113 Å². The van der Waals surface area contributed by atoms with E-state index in [0.29, 0.717) is 11.4 Å². The van der Waals surface area contributed by atoms with E-state index >= 15 is 0 Å². The molecule has 0 saturated heterocycles. The molecule has 1 aromatic rings. The number of aliphatic hydroxyl groups is 1. The third-order valence-electron chi connectivity index (χ3n) is 3.16. The van der Waals surface area contributed by atoms with Crippen LogP contribution in [0.5, 0.6) is 0 Å². The molecule has 1 amide bonds. The zero-order chi connectivity index (χ0) is 13.8. The van der Waals surface area contributed by atoms with Crippen molar-refractivity contribution in [3.63, 3.8) is 0 Å². The van der Waals surface area contributed by atoms with Crippen LogP contribution < -0.4 is 5.32 Å². The van der Waals surface area contributed by atoms with Gasteiger partial charge in [0, 0.05) is 5.02 Å². The highest BCUT2D eigenvalue weighted by atomic mass is 35.5. The molecule has 1 unspecified atom stereocenters. The van der Waals surface area contributed by atoms with Gasteiger partial charge in [0.2, 0.25) is 5.91 Å². The number of benzene rings is 1. The fourth-order valence-corrected chi connectivity index (χ4v) is 1.84. The van der Waals surface area contributed by atoms with Gasteiger partial charge in [-0.15, -0.1) is 0 Å². The molecule has 0 aliphatic rings. The predicted octanol–water partition coefficient (Wildman–Crippen LogP) is 2.50. The van der Waals surface area contributed by atoms with Gasteiger partial charge in [-0.05, 0) is 38.0 Å². The first-order valence-corrected chi connectivity index (χ1v) is 6.47. The van der Waals surface area contributed by atoms with Crippen molar-refractivity contribution in [3.8, 4) is 0 Å². The van der Waals surface area contributed by atoms with E-state index in [1.54, 1.807) is 12.1 Å². The molecular formula is C14H20ClNO2. The second-order valence-electron chi connectivity index (χ2n) is 4.90. The first kappa shape index (κ1) is 15.0. The van der Waals surface area contributed by atoms with Crippen LogP contribution in [-0.4, -0.2) is 23.7 Å². The van der Waals surface area contributed by atoms with Crippen LogP contribution in [-0.2, 0) is 10.2 Å². The standard InChI is InChI=1S/C14H20ClNO2/c1-4-12(9-17)16-13(18)14(2,3)10-6-5-7-11(15)8-10/h5-8,12,17H,4,9H2,1-3H3,(H,16,18). The first-order valence-electron chi connectivity index (χ1n) is 6.09. The Bertz CT molecular complexity index is 414. The molecule has 100 valence electrons. The van der Waals surface area contributed by atoms with Crippen molar-refractivity contribution in [2.75, 3.05) is 6.61 Å². The zero-order valence-corrected chi connectivity index (χ0v) is 11.8. The van der Waals surface area contributed by atoms with Crippen molar-refractivity contribution in [2.45, 2.75) is 38.6 Å². The zero-order valence-electron chi connectivity index (χ0n) is 11.0. The lowest BCUT2D eigenvalue weighted by Gasteiger charge is -2.27. The number of aliphatic hydroxyl groups excluding tert-OH is 1. The maximum Gasteiger partial charge on any atom is 0.230 e. The number of hydrogen-bond donors (Lipinski definition) is 2. The molecular weight excluding hydrogens is 250 g/mol. The highest BCUT2D eigenvalue weighted by Crippen LogP contribution is 2.26. The van der Waals surface area contributed by atoms with Gasteiger partial charge in [-0.1, -0.05) is 30.7 Å². The van der Waals surface area contributed by atoms with E-state index in [1.807, 2.05) is 32.9 Å². The molecule has 1 aromatic carbocycles. The number of hydrogen-bond acceptors (Lipinski definition) is 2. The van der Waals surface area contributed by atoms with Crippen LogP contribution in [0.2, 0.25) is 5.02 Å². The molecule has 3 nitrogen and oxygen atoms in total. The van der Waals surface area contributed by atoms with E-state index in [9.17, 15) is 4.79 Å². The number of rotatable bonds is 5. The molecule has 0 spiro atoms. The van der Waals surface area contributed by atoms with E-state index in [0.717, 1.165) is 5.56 Å². The molecule has 0 aromatic heterocycles. The Kier molecular flexibility index (Phi) is 5.17. The lowest BCUT2D eigenvalue weighted by Crippen LogP contribution is -2.46. The molecule has 0 aliphatic carbocycles. The average molecular weight is 270 g/mol. The van der Waals surface area contributed by atoms with Gasteiger partial charge in [-0.2, -0.15) is 0 Å². The van der Waals surface area contributed by atoms with Gasteiger partial charge >= 0.3 is 0 Å². The summed E-state index contributed by atoms with van der Waals surface area (Å²) in [6.07, 6.45) is 0.702. The van der Waals surface area contributed by atoms with Crippen molar-refractivity contribution in [1.82, 2.24) is 5.32 Å². The van der Waals surface area contributed by atoms with Crippen molar-refractivity contribution < 1.29 is 9.90 Å². The minimum absolute atomic E-state index is 0.0478. The molecule has 1 rings (SSSR count). The van der Waals surface area contributed by atoms with E-state index < -0.39 is 5.41 Å². The molecule has 0 aliphatic heterocycles. The molecule has 18 heavy (non-hydrogen) atoms. The molecule has 2 N–H and O–H groups in total. The summed E-state index contributed by atoms with van der Waals surface area (Å²) in [5.41, 5.74) is 0.188. The first-order chi connectivity index (χ1) is 8.41. The number of nitrogens with one attached hydrogen (secondary N) is 1. The summed E-state index contributed by atoms with van der Waals surface area (Å²) in [5, 5.41) is 12.6. The quantitative estimate of drug-likeness (QED) is 0.863. The van der Waals surface area contributed by atoms with Crippen LogP contribution in [0, 0.1) is 0 Å². The third-order valence-corrected chi connectivity index (χ3v) is 3.40. The minimum atomic E-state index is -0.673. The number of carbonyl (C=O) groups excluding carboxylic acids is 1. The molecule has 0 bridgehead atoms. The smallest absolute Gasteiger partial charge is 0.230 e. The van der Waals surface area contributed by atoms with Crippen molar-refractivity contribution in [2.24, 2.45) is 0 Å². The third kappa shape index (κ3) is 3.47. The Hall–Kier alpha value is -1.06. The van der Waals surface area contributed by atoms with Crippen LogP contribution in [0.25, 0.3) is 0 Å². The fourth-order valence-electron chi connectivity index (χ4n) is 1.65. The maximum atomic E-state index is 12.2. The topological polar surface area (TPSA) is 49.3 Å². The van der Waals surface area contributed by atoms with Crippen LogP contribution in [0.1, 0.15) is 32.8 Å². The van der Waals surface area contributed by atoms with Crippen LogP contribution >= 0.6 is 11.6 Å². The fraction of sp³-hybridized carbons (Fsp3) is 0.500. The van der Waals surface area contributed by atoms with E-state index in [1.165, 1.54) is 0 Å². The van der Waals surface area contributed by atoms with Gasteiger partial charge in [0.25, 0.3) is 0 Å². The van der Waals surface area contributed by atoms with Crippen molar-refractivity contribution in [1.29, 1.82) is 0 Å². The van der Waals surface area contributed by atoms with Gasteiger partial charge < -0.3 is 10.4 Å². The van der Waals surface area contributed by atoms with Crippen LogP contribution in [0.3, 0.4) is 0 Å². The van der Waals surface area contributed by atoms with Gasteiger partial charge in [0.15, 0.2) is 0 Å². The summed E-state index contributed by atoms with van der Waals surface area (Å²) in [4.78, 5) is 12.2. The average Bonchev–Trinajstić information content (AvgIpc) is 2.35. The summed E-state index contributed by atoms with van der Waals surface area (Å²) >= 11 is 5.94. The van der Waals surface area contributed by atoms with Crippen LogP contribution in [0.15, 0.2) is 24.3 Å². The molecule has 0 saturated carbocycles. The normalized spacial score (nSPS) is 13.2. The Morgan fingerprint density at radius 2 is 2.17 bits per heavy atom. The second kappa shape index (κ2) is 6.21. The predicted molar refractivity (Wildman–Crippen MR) is 73.8 cm³/mol. The summed E-state index contributed by atoms with van der Waals surface area (Å²) in [6, 6.07) is 7.08. The number of halogens is 1. The van der Waals surface area contributed by atoms with Gasteiger partial charge in [-0.25, -0.2) is 0 Å². The summed E-state index contributed by atoms with van der Waals surface area (Å²) in [5.74, 6) is -0.106. The molecule has 0 fully saturated rings. The molecule has 4 heteroatoms. The van der Waals surface area contributed by atoms with Crippen molar-refractivity contribution in [3.05, 3.63) is 34.9 Å².